The normalized spacial score (nSPS) is 22.1. The van der Waals surface area contributed by atoms with Crippen molar-refractivity contribution in [2.24, 2.45) is 5.92 Å². The highest BCUT2D eigenvalue weighted by atomic mass is 16.6. The van der Waals surface area contributed by atoms with Gasteiger partial charge in [0.1, 0.15) is 5.54 Å². The van der Waals surface area contributed by atoms with Crippen LogP contribution in [-0.2, 0) is 45.5 Å². The van der Waals surface area contributed by atoms with Crippen LogP contribution in [0.5, 0.6) is 0 Å². The lowest BCUT2D eigenvalue weighted by Crippen LogP contribution is -2.62. The van der Waals surface area contributed by atoms with Crippen molar-refractivity contribution in [3.05, 3.63) is 65.7 Å². The molecule has 2 aromatic carbocycles. The van der Waals surface area contributed by atoms with Gasteiger partial charge in [0.15, 0.2) is 0 Å². The summed E-state index contributed by atoms with van der Waals surface area (Å²) >= 11 is 0. The van der Waals surface area contributed by atoms with Crippen LogP contribution in [0.2, 0.25) is 0 Å². The number of amides is 1. The number of hydrogen-bond acceptors (Lipinski definition) is 8. The van der Waals surface area contributed by atoms with Gasteiger partial charge in [-0.1, -0.05) is 48.5 Å². The standard InChI is InChI=1S/C26H28N2O7/c1-4-34-23(31)25(24(32)35-5-2)15-19(21(29)33-3)26(27-25)18-13-9-10-14-20(18)28(22(26)30)16-17-11-7-6-8-12-17/h6-14,19,27H,4-5,15-16H2,1-3H3/t19-,26+/m0/s1. The van der Waals surface area contributed by atoms with Crippen LogP contribution in [0.25, 0.3) is 0 Å². The number of carbonyl (C=O) groups excluding carboxylic acids is 4. The Kier molecular flexibility index (Phi) is 6.62. The molecule has 2 aromatic rings. The Labute approximate surface area is 203 Å². The number of fused-ring (bicyclic) bond motifs is 2. The number of anilines is 1. The number of nitrogens with one attached hydrogen (secondary N) is 1. The average Bonchev–Trinajstić information content (AvgIpc) is 3.36. The number of hydrogen-bond donors (Lipinski definition) is 1. The minimum absolute atomic E-state index is 0.00221. The number of para-hydroxylation sites is 1. The Hall–Kier alpha value is -3.72. The van der Waals surface area contributed by atoms with Crippen molar-refractivity contribution in [1.29, 1.82) is 0 Å². The summed E-state index contributed by atoms with van der Waals surface area (Å²) in [7, 11) is 1.21. The predicted octanol–water partition coefficient (Wildman–Crippen LogP) is 2.08. The third-order valence-electron chi connectivity index (χ3n) is 6.56. The van der Waals surface area contributed by atoms with Crippen LogP contribution < -0.4 is 10.2 Å². The molecule has 1 amide bonds. The molecule has 2 heterocycles. The van der Waals surface area contributed by atoms with E-state index >= 15 is 0 Å². The molecule has 1 saturated heterocycles. The summed E-state index contributed by atoms with van der Waals surface area (Å²) in [6.45, 7) is 3.46. The minimum Gasteiger partial charge on any atom is -0.469 e. The second-order valence-corrected chi connectivity index (χ2v) is 8.45. The summed E-state index contributed by atoms with van der Waals surface area (Å²) in [5, 5.41) is 2.99. The van der Waals surface area contributed by atoms with E-state index in [1.165, 1.54) is 7.11 Å². The van der Waals surface area contributed by atoms with Crippen molar-refractivity contribution >= 4 is 29.5 Å². The Bertz CT molecular complexity index is 1130. The minimum atomic E-state index is -2.06. The van der Waals surface area contributed by atoms with Gasteiger partial charge in [-0.25, -0.2) is 9.59 Å². The number of carbonyl (C=O) groups is 4. The van der Waals surface area contributed by atoms with E-state index in [1.54, 1.807) is 43.0 Å². The highest BCUT2D eigenvalue weighted by molar-refractivity contribution is 6.14. The summed E-state index contributed by atoms with van der Waals surface area (Å²) in [6.07, 6.45) is -0.351. The van der Waals surface area contributed by atoms with E-state index in [9.17, 15) is 19.2 Å². The lowest BCUT2D eigenvalue weighted by molar-refractivity contribution is -0.165. The van der Waals surface area contributed by atoms with E-state index in [4.69, 9.17) is 14.2 Å². The molecule has 184 valence electrons. The average molecular weight is 481 g/mol. The first-order valence-corrected chi connectivity index (χ1v) is 11.5. The molecule has 1 N–H and O–H groups in total. The lowest BCUT2D eigenvalue weighted by atomic mass is 9.79. The van der Waals surface area contributed by atoms with Crippen LogP contribution >= 0.6 is 0 Å². The fourth-order valence-electron chi connectivity index (χ4n) is 5.06. The smallest absolute Gasteiger partial charge is 0.338 e. The van der Waals surface area contributed by atoms with Crippen LogP contribution in [0, 0.1) is 5.92 Å². The van der Waals surface area contributed by atoms with Gasteiger partial charge < -0.3 is 19.1 Å². The zero-order valence-electron chi connectivity index (χ0n) is 19.9. The molecule has 0 aliphatic carbocycles. The quantitative estimate of drug-likeness (QED) is 0.364. The second kappa shape index (κ2) is 9.50. The fourth-order valence-corrected chi connectivity index (χ4v) is 5.06. The van der Waals surface area contributed by atoms with Crippen LogP contribution in [0.3, 0.4) is 0 Å². The number of nitrogens with zero attached hydrogens (tertiary/aromatic N) is 1. The van der Waals surface area contributed by atoms with Gasteiger partial charge in [0, 0.05) is 17.7 Å². The first-order valence-electron chi connectivity index (χ1n) is 11.5. The van der Waals surface area contributed by atoms with Gasteiger partial charge in [-0.15, -0.1) is 0 Å². The number of rotatable bonds is 7. The van der Waals surface area contributed by atoms with Crippen LogP contribution in [0.1, 0.15) is 31.4 Å². The van der Waals surface area contributed by atoms with Gasteiger partial charge in [-0.05, 0) is 25.5 Å². The second-order valence-electron chi connectivity index (χ2n) is 8.45. The maximum Gasteiger partial charge on any atom is 0.338 e. The molecule has 0 bridgehead atoms. The molecule has 0 saturated carbocycles. The van der Waals surface area contributed by atoms with E-state index < -0.39 is 40.8 Å². The highest BCUT2D eigenvalue weighted by Gasteiger charge is 2.71. The van der Waals surface area contributed by atoms with E-state index in [0.29, 0.717) is 11.3 Å². The first-order chi connectivity index (χ1) is 16.9. The summed E-state index contributed by atoms with van der Waals surface area (Å²) in [6, 6.07) is 16.4. The fraction of sp³-hybridized carbons (Fsp3) is 0.385. The van der Waals surface area contributed by atoms with Crippen molar-refractivity contribution in [3.63, 3.8) is 0 Å². The van der Waals surface area contributed by atoms with Gasteiger partial charge in [0.2, 0.25) is 5.54 Å². The van der Waals surface area contributed by atoms with Crippen molar-refractivity contribution in [3.8, 4) is 0 Å². The summed E-state index contributed by atoms with van der Waals surface area (Å²) in [4.78, 5) is 55.3. The monoisotopic (exact) mass is 480 g/mol. The van der Waals surface area contributed by atoms with Crippen molar-refractivity contribution in [2.75, 3.05) is 25.2 Å². The predicted molar refractivity (Wildman–Crippen MR) is 125 cm³/mol. The Balaban J connectivity index is 1.89. The molecule has 2 aliphatic heterocycles. The van der Waals surface area contributed by atoms with E-state index in [1.807, 2.05) is 30.3 Å². The Morgan fingerprint density at radius 3 is 2.17 bits per heavy atom. The largest absolute Gasteiger partial charge is 0.469 e. The molecule has 1 fully saturated rings. The summed E-state index contributed by atoms with van der Waals surface area (Å²) in [5.74, 6) is -4.19. The first kappa shape index (κ1) is 24.4. The SMILES string of the molecule is CCOC(=O)C1(C(=O)OCC)C[C@@H](C(=O)OC)[C@@]2(N1)C(=O)N(Cc1ccccc1)c1ccccc12. The van der Waals surface area contributed by atoms with Crippen molar-refractivity contribution in [2.45, 2.75) is 37.9 Å². The maximum absolute atomic E-state index is 14.2. The molecule has 0 aromatic heterocycles. The van der Waals surface area contributed by atoms with E-state index in [-0.39, 0.29) is 26.2 Å². The Morgan fingerprint density at radius 2 is 1.57 bits per heavy atom. The molecule has 1 spiro atoms. The summed E-state index contributed by atoms with van der Waals surface area (Å²) in [5.41, 5.74) is -1.85. The highest BCUT2D eigenvalue weighted by Crippen LogP contribution is 2.53. The topological polar surface area (TPSA) is 111 Å². The van der Waals surface area contributed by atoms with Crippen molar-refractivity contribution in [1.82, 2.24) is 5.32 Å². The van der Waals surface area contributed by atoms with Gasteiger partial charge >= 0.3 is 17.9 Å². The number of ether oxygens (including phenoxy) is 3. The third kappa shape index (κ3) is 3.76. The number of esters is 3. The zero-order valence-corrected chi connectivity index (χ0v) is 19.9. The number of methoxy groups -OCH3 is 1. The van der Waals surface area contributed by atoms with Crippen LogP contribution in [0.15, 0.2) is 54.6 Å². The van der Waals surface area contributed by atoms with E-state index in [0.717, 1.165) is 5.56 Å². The van der Waals surface area contributed by atoms with E-state index in [2.05, 4.69) is 5.32 Å². The van der Waals surface area contributed by atoms with Gasteiger partial charge in [0.25, 0.3) is 5.91 Å². The zero-order chi connectivity index (χ0) is 25.2. The van der Waals surface area contributed by atoms with Gasteiger partial charge in [-0.2, -0.15) is 0 Å². The molecule has 9 heteroatoms. The summed E-state index contributed by atoms with van der Waals surface area (Å²) < 4.78 is 15.5. The molecular weight excluding hydrogens is 452 g/mol. The van der Waals surface area contributed by atoms with Crippen LogP contribution in [0.4, 0.5) is 5.69 Å². The lowest BCUT2D eigenvalue weighted by Gasteiger charge is -2.31. The molecule has 2 atom stereocenters. The molecule has 35 heavy (non-hydrogen) atoms. The molecule has 0 radical (unpaired) electrons. The molecule has 0 unspecified atom stereocenters. The molecule has 9 nitrogen and oxygen atoms in total. The number of benzene rings is 2. The maximum atomic E-state index is 14.2. The van der Waals surface area contributed by atoms with Gasteiger partial charge in [-0.3, -0.25) is 14.9 Å². The Morgan fingerprint density at radius 1 is 0.971 bits per heavy atom. The van der Waals surface area contributed by atoms with Crippen molar-refractivity contribution < 1.29 is 33.4 Å². The van der Waals surface area contributed by atoms with Crippen LogP contribution in [-0.4, -0.2) is 49.7 Å². The molecule has 4 rings (SSSR count). The molecule has 2 aliphatic rings. The third-order valence-corrected chi connectivity index (χ3v) is 6.56. The van der Waals surface area contributed by atoms with Gasteiger partial charge in [0.05, 0.1) is 32.8 Å². The molecular formula is C26H28N2O7.